The van der Waals surface area contributed by atoms with Crippen LogP contribution in [0.3, 0.4) is 0 Å². The van der Waals surface area contributed by atoms with E-state index in [1.165, 1.54) is 12.1 Å². The van der Waals surface area contributed by atoms with Crippen molar-refractivity contribution in [2.24, 2.45) is 0 Å². The molecule has 0 aliphatic carbocycles. The van der Waals surface area contributed by atoms with Gasteiger partial charge < -0.3 is 10.6 Å². The minimum absolute atomic E-state index is 0.146. The number of sulfonamides is 1. The van der Waals surface area contributed by atoms with Crippen molar-refractivity contribution >= 4 is 49.7 Å². The van der Waals surface area contributed by atoms with Gasteiger partial charge in [-0.05, 0) is 66.2 Å². The van der Waals surface area contributed by atoms with Gasteiger partial charge in [-0.15, -0.1) is 0 Å². The van der Waals surface area contributed by atoms with E-state index in [9.17, 15) is 13.2 Å². The molecule has 8 heteroatoms. The Morgan fingerprint density at radius 2 is 1.68 bits per heavy atom. The van der Waals surface area contributed by atoms with Crippen LogP contribution in [0.15, 0.2) is 71.6 Å². The molecule has 1 amide bonds. The number of hydrogen-bond donors (Lipinski definition) is 3. The molecule has 3 rings (SSSR count). The molecule has 3 N–H and O–H groups in total. The van der Waals surface area contributed by atoms with Gasteiger partial charge in [-0.1, -0.05) is 49.4 Å². The van der Waals surface area contributed by atoms with Crippen molar-refractivity contribution in [1.82, 2.24) is 10.0 Å². The molecule has 3 aromatic rings. The van der Waals surface area contributed by atoms with E-state index in [-0.39, 0.29) is 28.4 Å². The Bertz CT molecular complexity index is 1190. The van der Waals surface area contributed by atoms with Crippen LogP contribution in [0.5, 0.6) is 0 Å². The van der Waals surface area contributed by atoms with E-state index in [2.05, 4.69) is 15.4 Å². The van der Waals surface area contributed by atoms with Crippen molar-refractivity contribution < 1.29 is 13.2 Å². The van der Waals surface area contributed by atoms with Gasteiger partial charge in [0.2, 0.25) is 15.9 Å². The van der Waals surface area contributed by atoms with Gasteiger partial charge in [0, 0.05) is 11.7 Å². The Balaban J connectivity index is 1.59. The van der Waals surface area contributed by atoms with Gasteiger partial charge in [0.15, 0.2) is 5.11 Å². The molecular weight excluding hydrogens is 430 g/mol. The topological polar surface area (TPSA) is 87.3 Å². The summed E-state index contributed by atoms with van der Waals surface area (Å²) in [6, 6.07) is 19.8. The van der Waals surface area contributed by atoms with Crippen molar-refractivity contribution in [3.8, 4) is 0 Å². The van der Waals surface area contributed by atoms with Gasteiger partial charge in [-0.2, -0.15) is 0 Å². The van der Waals surface area contributed by atoms with E-state index in [0.29, 0.717) is 12.1 Å². The molecule has 0 heterocycles. The van der Waals surface area contributed by atoms with Crippen molar-refractivity contribution in [2.45, 2.75) is 37.6 Å². The zero-order valence-electron chi connectivity index (χ0n) is 17.4. The van der Waals surface area contributed by atoms with E-state index in [1.54, 1.807) is 12.1 Å². The fraction of sp³-hybridized carbons (Fsp3) is 0.217. The second kappa shape index (κ2) is 10.00. The average Bonchev–Trinajstić information content (AvgIpc) is 2.74. The van der Waals surface area contributed by atoms with Gasteiger partial charge >= 0.3 is 0 Å². The predicted octanol–water partition coefficient (Wildman–Crippen LogP) is 3.97. The Morgan fingerprint density at radius 3 is 2.39 bits per heavy atom. The summed E-state index contributed by atoms with van der Waals surface area (Å²) in [4.78, 5) is 12.6. The smallest absolute Gasteiger partial charge is 0.240 e. The van der Waals surface area contributed by atoms with Crippen LogP contribution in [-0.2, 0) is 21.2 Å². The highest BCUT2D eigenvalue weighted by molar-refractivity contribution is 7.89. The van der Waals surface area contributed by atoms with Crippen LogP contribution in [0.2, 0.25) is 0 Å². The van der Waals surface area contributed by atoms with Crippen molar-refractivity contribution in [3.63, 3.8) is 0 Å². The number of benzene rings is 3. The summed E-state index contributed by atoms with van der Waals surface area (Å²) < 4.78 is 27.3. The summed E-state index contributed by atoms with van der Waals surface area (Å²) in [6.07, 6.45) is 0.896. The fourth-order valence-corrected chi connectivity index (χ4v) is 4.64. The van der Waals surface area contributed by atoms with E-state index in [0.717, 1.165) is 16.3 Å². The molecular formula is C23H25N3O3S2. The Morgan fingerprint density at radius 1 is 1.00 bits per heavy atom. The fourth-order valence-electron chi connectivity index (χ4n) is 3.09. The highest BCUT2D eigenvalue weighted by Crippen LogP contribution is 2.19. The van der Waals surface area contributed by atoms with Gasteiger partial charge in [-0.25, -0.2) is 13.1 Å². The molecule has 1 atom stereocenters. The minimum atomic E-state index is -3.57. The lowest BCUT2D eigenvalue weighted by Gasteiger charge is -2.13. The summed E-state index contributed by atoms with van der Waals surface area (Å²) in [5.74, 6) is -0.231. The van der Waals surface area contributed by atoms with Crippen LogP contribution in [0.1, 0.15) is 25.8 Å². The number of nitrogens with one attached hydrogen (secondary N) is 3. The first-order valence-corrected chi connectivity index (χ1v) is 11.9. The van der Waals surface area contributed by atoms with E-state index in [1.807, 2.05) is 56.3 Å². The van der Waals surface area contributed by atoms with E-state index < -0.39 is 10.0 Å². The SMILES string of the molecule is CCC(C)NS(=O)(=O)c1ccc(NC(=S)NC(=O)Cc2cccc3ccccc23)cc1. The zero-order chi connectivity index (χ0) is 22.4. The van der Waals surface area contributed by atoms with E-state index in [4.69, 9.17) is 12.2 Å². The summed E-state index contributed by atoms with van der Waals surface area (Å²) in [5, 5.41) is 7.84. The number of anilines is 1. The maximum absolute atomic E-state index is 12.4. The molecule has 0 saturated carbocycles. The molecule has 0 fully saturated rings. The van der Waals surface area contributed by atoms with Gasteiger partial charge in [0.25, 0.3) is 0 Å². The largest absolute Gasteiger partial charge is 0.332 e. The molecule has 1 unspecified atom stereocenters. The summed E-state index contributed by atoms with van der Waals surface area (Å²) >= 11 is 5.23. The highest BCUT2D eigenvalue weighted by atomic mass is 32.2. The molecule has 6 nitrogen and oxygen atoms in total. The first-order valence-electron chi connectivity index (χ1n) is 9.98. The van der Waals surface area contributed by atoms with Crippen LogP contribution in [0.25, 0.3) is 10.8 Å². The Kier molecular flexibility index (Phi) is 7.37. The average molecular weight is 456 g/mol. The first kappa shape index (κ1) is 22.9. The molecule has 0 aromatic heterocycles. The minimum Gasteiger partial charge on any atom is -0.332 e. The number of carbonyl (C=O) groups excluding carboxylic acids is 1. The summed E-state index contributed by atoms with van der Waals surface area (Å²) in [6.45, 7) is 3.72. The molecule has 0 aliphatic rings. The number of hydrogen-bond acceptors (Lipinski definition) is 4. The van der Waals surface area contributed by atoms with Gasteiger partial charge in [-0.3, -0.25) is 4.79 Å². The lowest BCUT2D eigenvalue weighted by Crippen LogP contribution is -2.35. The van der Waals surface area contributed by atoms with Gasteiger partial charge in [0.1, 0.15) is 0 Å². The number of rotatable bonds is 7. The lowest BCUT2D eigenvalue weighted by molar-refractivity contribution is -0.119. The number of carbonyl (C=O) groups is 1. The third kappa shape index (κ3) is 6.10. The zero-order valence-corrected chi connectivity index (χ0v) is 19.0. The number of thiocarbonyl (C=S) groups is 1. The lowest BCUT2D eigenvalue weighted by atomic mass is 10.0. The molecule has 0 spiro atoms. The first-order chi connectivity index (χ1) is 14.8. The van der Waals surface area contributed by atoms with Crippen molar-refractivity contribution in [1.29, 1.82) is 0 Å². The summed E-state index contributed by atoms with van der Waals surface area (Å²) in [5.41, 5.74) is 1.50. The molecule has 0 aliphatic heterocycles. The summed E-state index contributed by atoms with van der Waals surface area (Å²) in [7, 11) is -3.57. The van der Waals surface area contributed by atoms with Crippen LogP contribution in [-0.4, -0.2) is 25.5 Å². The third-order valence-corrected chi connectivity index (χ3v) is 6.68. The molecule has 0 radical (unpaired) electrons. The predicted molar refractivity (Wildman–Crippen MR) is 129 cm³/mol. The Hall–Kier alpha value is -2.81. The maximum atomic E-state index is 12.4. The molecule has 0 bridgehead atoms. The van der Waals surface area contributed by atoms with E-state index >= 15 is 0 Å². The number of fused-ring (bicyclic) bond motifs is 1. The second-order valence-electron chi connectivity index (χ2n) is 7.27. The second-order valence-corrected chi connectivity index (χ2v) is 9.39. The molecule has 3 aromatic carbocycles. The highest BCUT2D eigenvalue weighted by Gasteiger charge is 2.16. The van der Waals surface area contributed by atoms with Crippen LogP contribution in [0, 0.1) is 0 Å². The molecule has 162 valence electrons. The monoisotopic (exact) mass is 455 g/mol. The van der Waals surface area contributed by atoms with Crippen molar-refractivity contribution in [2.75, 3.05) is 5.32 Å². The van der Waals surface area contributed by atoms with Crippen LogP contribution >= 0.6 is 12.2 Å². The maximum Gasteiger partial charge on any atom is 0.240 e. The molecule has 31 heavy (non-hydrogen) atoms. The van der Waals surface area contributed by atoms with Gasteiger partial charge in [0.05, 0.1) is 11.3 Å². The standard InChI is InChI=1S/C23H25N3O3S2/c1-3-16(2)26-31(28,29)20-13-11-19(12-14-20)24-23(30)25-22(27)15-18-9-6-8-17-7-4-5-10-21(17)18/h4-14,16,26H,3,15H2,1-2H3,(H2,24,25,27,30). The van der Waals surface area contributed by atoms with Crippen molar-refractivity contribution in [3.05, 3.63) is 72.3 Å². The third-order valence-electron chi connectivity index (χ3n) is 4.88. The quantitative estimate of drug-likeness (QED) is 0.469. The number of amides is 1. The molecule has 0 saturated heterocycles. The normalized spacial score (nSPS) is 12.3. The van der Waals surface area contributed by atoms with Crippen LogP contribution < -0.4 is 15.4 Å². The Labute approximate surface area is 188 Å². The van der Waals surface area contributed by atoms with Crippen LogP contribution in [0.4, 0.5) is 5.69 Å².